The van der Waals surface area contributed by atoms with Crippen LogP contribution in [-0.2, 0) is 15.8 Å². The summed E-state index contributed by atoms with van der Waals surface area (Å²) >= 11 is 0. The number of hydrogen-bond donors (Lipinski definition) is 2. The summed E-state index contributed by atoms with van der Waals surface area (Å²) in [5, 5.41) is 5.21. The van der Waals surface area contributed by atoms with Gasteiger partial charge in [0.1, 0.15) is 0 Å². The van der Waals surface area contributed by atoms with Gasteiger partial charge in [-0.05, 0) is 19.1 Å². The van der Waals surface area contributed by atoms with Crippen molar-refractivity contribution in [3.63, 3.8) is 0 Å². The van der Waals surface area contributed by atoms with Gasteiger partial charge >= 0.3 is 6.18 Å². The van der Waals surface area contributed by atoms with Gasteiger partial charge in [-0.1, -0.05) is 12.1 Å². The lowest BCUT2D eigenvalue weighted by Gasteiger charge is -2.31. The normalized spacial score (nSPS) is 15.0. The largest absolute Gasteiger partial charge is 0.418 e. The van der Waals surface area contributed by atoms with Gasteiger partial charge in [-0.2, -0.15) is 13.2 Å². The molecule has 0 unspecified atom stereocenters. The molecule has 0 saturated carbocycles. The summed E-state index contributed by atoms with van der Waals surface area (Å²) in [7, 11) is 0. The second-order valence-corrected chi connectivity index (χ2v) is 5.30. The molecular formula is C15H18F3N3O2. The molecule has 1 fully saturated rings. The zero-order chi connectivity index (χ0) is 17.0. The highest BCUT2D eigenvalue weighted by atomic mass is 19.4. The third-order valence-corrected chi connectivity index (χ3v) is 3.67. The molecular weight excluding hydrogens is 311 g/mol. The minimum absolute atomic E-state index is 0.162. The summed E-state index contributed by atoms with van der Waals surface area (Å²) < 4.78 is 38.7. The van der Waals surface area contributed by atoms with Crippen LogP contribution in [0.3, 0.4) is 0 Å². The molecule has 1 aliphatic heterocycles. The van der Waals surface area contributed by atoms with Crippen LogP contribution >= 0.6 is 0 Å². The van der Waals surface area contributed by atoms with Crippen LogP contribution in [0.4, 0.5) is 18.9 Å². The third-order valence-electron chi connectivity index (χ3n) is 3.67. The minimum atomic E-state index is -4.55. The van der Waals surface area contributed by atoms with Crippen molar-refractivity contribution in [2.75, 3.05) is 31.5 Å². The van der Waals surface area contributed by atoms with E-state index >= 15 is 0 Å². The zero-order valence-electron chi connectivity index (χ0n) is 12.6. The molecule has 1 aliphatic rings. The molecule has 2 amide bonds. The Bertz CT molecular complexity index is 586. The Morgan fingerprint density at radius 3 is 2.48 bits per heavy atom. The number of carbonyl (C=O) groups excluding carboxylic acids is 2. The van der Waals surface area contributed by atoms with Crippen molar-refractivity contribution in [2.24, 2.45) is 5.92 Å². The third kappa shape index (κ3) is 4.22. The Morgan fingerprint density at radius 2 is 1.96 bits per heavy atom. The molecule has 23 heavy (non-hydrogen) atoms. The number of benzene rings is 1. The fraction of sp³-hybridized carbons (Fsp3) is 0.467. The molecule has 1 saturated heterocycles. The minimum Gasteiger partial charge on any atom is -0.333 e. The van der Waals surface area contributed by atoms with Gasteiger partial charge in [0.05, 0.1) is 23.7 Å². The second kappa shape index (κ2) is 6.99. The molecule has 2 N–H and O–H groups in total. The highest BCUT2D eigenvalue weighted by Gasteiger charge is 2.34. The van der Waals surface area contributed by atoms with Gasteiger partial charge in [-0.15, -0.1) is 0 Å². The van der Waals surface area contributed by atoms with E-state index in [0.717, 1.165) is 6.07 Å². The van der Waals surface area contributed by atoms with E-state index in [1.807, 2.05) is 0 Å². The number of nitrogens with one attached hydrogen (secondary N) is 2. The number of para-hydroxylation sites is 1. The first-order valence-electron chi connectivity index (χ1n) is 7.28. The van der Waals surface area contributed by atoms with Gasteiger partial charge in [0.2, 0.25) is 11.8 Å². The molecule has 5 nitrogen and oxygen atoms in total. The van der Waals surface area contributed by atoms with Crippen molar-refractivity contribution in [1.82, 2.24) is 10.2 Å². The fourth-order valence-corrected chi connectivity index (χ4v) is 2.27. The maximum atomic E-state index is 12.9. The SMILES string of the molecule is CCN(CC(=O)Nc1ccccc1C(F)(F)F)C(=O)C1CNC1. The highest BCUT2D eigenvalue weighted by Crippen LogP contribution is 2.34. The maximum Gasteiger partial charge on any atom is 0.418 e. The van der Waals surface area contributed by atoms with Crippen molar-refractivity contribution in [3.05, 3.63) is 29.8 Å². The fourth-order valence-electron chi connectivity index (χ4n) is 2.27. The Kier molecular flexibility index (Phi) is 5.25. The second-order valence-electron chi connectivity index (χ2n) is 5.30. The lowest BCUT2D eigenvalue weighted by Crippen LogP contribution is -2.53. The van der Waals surface area contributed by atoms with E-state index in [1.54, 1.807) is 6.92 Å². The average Bonchev–Trinajstić information content (AvgIpc) is 2.42. The van der Waals surface area contributed by atoms with Gasteiger partial charge in [0, 0.05) is 19.6 Å². The Balaban J connectivity index is 2.03. The van der Waals surface area contributed by atoms with E-state index in [9.17, 15) is 22.8 Å². The summed E-state index contributed by atoms with van der Waals surface area (Å²) in [6.45, 7) is 2.91. The van der Waals surface area contributed by atoms with Crippen LogP contribution in [-0.4, -0.2) is 42.9 Å². The molecule has 0 bridgehead atoms. The van der Waals surface area contributed by atoms with Crippen LogP contribution in [0, 0.1) is 5.92 Å². The molecule has 2 rings (SSSR count). The molecule has 0 aromatic heterocycles. The van der Waals surface area contributed by atoms with E-state index in [4.69, 9.17) is 0 Å². The number of likely N-dealkylation sites (N-methyl/N-ethyl adjacent to an activating group) is 1. The molecule has 0 aliphatic carbocycles. The first-order chi connectivity index (χ1) is 10.8. The van der Waals surface area contributed by atoms with Crippen molar-refractivity contribution in [2.45, 2.75) is 13.1 Å². The first-order valence-corrected chi connectivity index (χ1v) is 7.28. The summed E-state index contributed by atoms with van der Waals surface area (Å²) in [5.74, 6) is -0.972. The quantitative estimate of drug-likeness (QED) is 0.865. The van der Waals surface area contributed by atoms with Gasteiger partial charge in [0.15, 0.2) is 0 Å². The zero-order valence-corrected chi connectivity index (χ0v) is 12.6. The van der Waals surface area contributed by atoms with Gasteiger partial charge < -0.3 is 15.5 Å². The Morgan fingerprint density at radius 1 is 1.30 bits per heavy atom. The van der Waals surface area contributed by atoms with Crippen LogP contribution in [0.25, 0.3) is 0 Å². The van der Waals surface area contributed by atoms with Crippen LogP contribution in [0.15, 0.2) is 24.3 Å². The lowest BCUT2D eigenvalue weighted by molar-refractivity contribution is -0.140. The number of anilines is 1. The van der Waals surface area contributed by atoms with Crippen molar-refractivity contribution < 1.29 is 22.8 Å². The molecule has 0 spiro atoms. The highest BCUT2D eigenvalue weighted by molar-refractivity contribution is 5.95. The average molecular weight is 329 g/mol. The topological polar surface area (TPSA) is 61.4 Å². The summed E-state index contributed by atoms with van der Waals surface area (Å²) in [4.78, 5) is 25.4. The molecule has 1 heterocycles. The van der Waals surface area contributed by atoms with Gasteiger partial charge in [-0.3, -0.25) is 9.59 Å². The van der Waals surface area contributed by atoms with E-state index in [-0.39, 0.29) is 24.1 Å². The number of hydrogen-bond acceptors (Lipinski definition) is 3. The van der Waals surface area contributed by atoms with Crippen LogP contribution in [0.1, 0.15) is 12.5 Å². The van der Waals surface area contributed by atoms with Crippen LogP contribution in [0.5, 0.6) is 0 Å². The molecule has 1 aromatic rings. The van der Waals surface area contributed by atoms with E-state index < -0.39 is 17.6 Å². The van der Waals surface area contributed by atoms with Crippen molar-refractivity contribution in [1.29, 1.82) is 0 Å². The number of rotatable bonds is 5. The number of amides is 2. The summed E-state index contributed by atoms with van der Waals surface area (Å²) in [5.41, 5.74) is -1.22. The van der Waals surface area contributed by atoms with E-state index in [0.29, 0.717) is 19.6 Å². The maximum absolute atomic E-state index is 12.9. The van der Waals surface area contributed by atoms with E-state index in [1.165, 1.54) is 23.1 Å². The monoisotopic (exact) mass is 329 g/mol. The molecule has 1 aromatic carbocycles. The number of halogens is 3. The van der Waals surface area contributed by atoms with Gasteiger partial charge in [0.25, 0.3) is 0 Å². The number of carbonyl (C=O) groups is 2. The molecule has 0 atom stereocenters. The number of nitrogens with zero attached hydrogens (tertiary/aromatic N) is 1. The van der Waals surface area contributed by atoms with Gasteiger partial charge in [-0.25, -0.2) is 0 Å². The summed E-state index contributed by atoms with van der Waals surface area (Å²) in [6, 6.07) is 4.75. The first kappa shape index (κ1) is 17.3. The Hall–Kier alpha value is -2.09. The smallest absolute Gasteiger partial charge is 0.333 e. The van der Waals surface area contributed by atoms with Crippen molar-refractivity contribution >= 4 is 17.5 Å². The van der Waals surface area contributed by atoms with Crippen LogP contribution < -0.4 is 10.6 Å². The molecule has 126 valence electrons. The number of alkyl halides is 3. The predicted octanol–water partition coefficient (Wildman–Crippen LogP) is 1.71. The molecule has 8 heteroatoms. The summed E-state index contributed by atoms with van der Waals surface area (Å²) in [6.07, 6.45) is -4.55. The standard InChI is InChI=1S/C15H18F3N3O2/c1-2-21(14(23)10-7-19-8-10)9-13(22)20-12-6-4-3-5-11(12)15(16,17)18/h3-6,10,19H,2,7-9H2,1H3,(H,20,22). The van der Waals surface area contributed by atoms with Crippen molar-refractivity contribution in [3.8, 4) is 0 Å². The van der Waals surface area contributed by atoms with E-state index in [2.05, 4.69) is 10.6 Å². The lowest BCUT2D eigenvalue weighted by atomic mass is 10.0. The predicted molar refractivity (Wildman–Crippen MR) is 78.7 cm³/mol. The molecule has 0 radical (unpaired) electrons. The van der Waals surface area contributed by atoms with Crippen LogP contribution in [0.2, 0.25) is 0 Å². The Labute approximate surface area is 131 Å².